The molecule has 4 aromatic rings. The molecule has 0 saturated carbocycles. The largest absolute Gasteiger partial charge is 0.629 e. The monoisotopic (exact) mass is 355 g/mol. The number of aromatic nitrogens is 2. The van der Waals surface area contributed by atoms with Crippen LogP contribution in [0.1, 0.15) is 22.9 Å². The number of carbonyl (C=O) groups excluding carboxylic acids is 1. The maximum atomic E-state index is 12.9. The Kier molecular flexibility index (Phi) is 4.62. The van der Waals surface area contributed by atoms with Crippen molar-refractivity contribution < 1.29 is 14.2 Å². The lowest BCUT2D eigenvalue weighted by atomic mass is 10.0. The summed E-state index contributed by atoms with van der Waals surface area (Å²) in [5, 5.41) is 6.25. The molecule has 0 amide bonds. The predicted molar refractivity (Wildman–Crippen MR) is 103 cm³/mol. The average molecular weight is 355 g/mol. The molecule has 0 fully saturated rings. The van der Waals surface area contributed by atoms with E-state index < -0.39 is 12.2 Å². The first-order chi connectivity index (χ1) is 13.2. The van der Waals surface area contributed by atoms with Crippen LogP contribution in [0.15, 0.2) is 91.1 Å². The standard InChI is InChI=1S/C23H19N2O2/c1-17-21-15-9-8-14-20(21)16-24-25(17)23(26)27-22(18-10-4-2-5-11-18)19-12-6-3-7-13-19/h2-16,22H,1H3/q+1. The van der Waals surface area contributed by atoms with Crippen molar-refractivity contribution in [2.75, 3.05) is 0 Å². The van der Waals surface area contributed by atoms with Crippen LogP contribution in [-0.4, -0.2) is 11.2 Å². The van der Waals surface area contributed by atoms with Gasteiger partial charge in [-0.05, 0) is 17.2 Å². The number of hydrogen-bond acceptors (Lipinski definition) is 3. The lowest BCUT2D eigenvalue weighted by molar-refractivity contribution is -0.653. The van der Waals surface area contributed by atoms with Crippen LogP contribution in [0.25, 0.3) is 10.8 Å². The normalized spacial score (nSPS) is 10.9. The highest BCUT2D eigenvalue weighted by Gasteiger charge is 2.29. The first-order valence-corrected chi connectivity index (χ1v) is 8.81. The number of aryl methyl sites for hydroxylation is 1. The number of ether oxygens (including phenoxy) is 1. The molecule has 1 heterocycles. The molecule has 1 aromatic heterocycles. The van der Waals surface area contributed by atoms with Crippen LogP contribution in [-0.2, 0) is 4.74 Å². The lowest BCUT2D eigenvalue weighted by Crippen LogP contribution is -2.49. The van der Waals surface area contributed by atoms with Crippen molar-refractivity contribution in [2.24, 2.45) is 0 Å². The Bertz CT molecular complexity index is 1040. The van der Waals surface area contributed by atoms with Crippen molar-refractivity contribution in [1.82, 2.24) is 5.10 Å². The summed E-state index contributed by atoms with van der Waals surface area (Å²) in [6, 6.07) is 27.3. The van der Waals surface area contributed by atoms with Gasteiger partial charge in [-0.1, -0.05) is 78.9 Å². The van der Waals surface area contributed by atoms with Crippen molar-refractivity contribution in [3.63, 3.8) is 0 Å². The zero-order chi connectivity index (χ0) is 18.6. The van der Waals surface area contributed by atoms with E-state index in [9.17, 15) is 4.79 Å². The number of rotatable bonds is 3. The van der Waals surface area contributed by atoms with Gasteiger partial charge in [0.2, 0.25) is 5.69 Å². The van der Waals surface area contributed by atoms with Gasteiger partial charge in [-0.25, -0.2) is 0 Å². The maximum Gasteiger partial charge on any atom is 0.629 e. The molecule has 4 heteroatoms. The third kappa shape index (κ3) is 3.42. The average Bonchev–Trinajstić information content (AvgIpc) is 2.73. The molecule has 132 valence electrons. The van der Waals surface area contributed by atoms with Gasteiger partial charge in [-0.3, -0.25) is 0 Å². The van der Waals surface area contributed by atoms with Crippen molar-refractivity contribution in [1.29, 1.82) is 0 Å². The van der Waals surface area contributed by atoms with Crippen LogP contribution >= 0.6 is 0 Å². The molecule has 4 nitrogen and oxygen atoms in total. The van der Waals surface area contributed by atoms with Crippen LogP contribution in [0, 0.1) is 6.92 Å². The molecular weight excluding hydrogens is 336 g/mol. The quantitative estimate of drug-likeness (QED) is 0.504. The summed E-state index contributed by atoms with van der Waals surface area (Å²) in [4.78, 5) is 12.9. The topological polar surface area (TPSA) is 43.1 Å². The van der Waals surface area contributed by atoms with E-state index in [4.69, 9.17) is 4.74 Å². The fourth-order valence-electron chi connectivity index (χ4n) is 3.18. The molecule has 4 rings (SSSR count). The Hall–Kier alpha value is -3.53. The van der Waals surface area contributed by atoms with Crippen molar-refractivity contribution in [2.45, 2.75) is 13.0 Å². The number of hydrogen-bond donors (Lipinski definition) is 0. The van der Waals surface area contributed by atoms with Crippen LogP contribution in [0.4, 0.5) is 4.79 Å². The van der Waals surface area contributed by atoms with E-state index in [0.717, 1.165) is 27.6 Å². The second-order valence-corrected chi connectivity index (χ2v) is 6.31. The Balaban J connectivity index is 1.72. The molecule has 0 N–H and O–H groups in total. The molecule has 0 unspecified atom stereocenters. The van der Waals surface area contributed by atoms with E-state index in [1.807, 2.05) is 91.9 Å². The van der Waals surface area contributed by atoms with Gasteiger partial charge in [0.25, 0.3) is 0 Å². The molecule has 0 saturated heterocycles. The molecule has 0 atom stereocenters. The molecule has 27 heavy (non-hydrogen) atoms. The highest BCUT2D eigenvalue weighted by molar-refractivity contribution is 5.83. The van der Waals surface area contributed by atoms with Crippen molar-refractivity contribution >= 4 is 16.9 Å². The lowest BCUT2D eigenvalue weighted by Gasteiger charge is -2.16. The first-order valence-electron chi connectivity index (χ1n) is 8.81. The summed E-state index contributed by atoms with van der Waals surface area (Å²) < 4.78 is 7.22. The number of nitrogens with zero attached hydrogens (tertiary/aromatic N) is 2. The van der Waals surface area contributed by atoms with E-state index in [1.54, 1.807) is 6.20 Å². The Morgan fingerprint density at radius 3 is 2.04 bits per heavy atom. The van der Waals surface area contributed by atoms with Gasteiger partial charge in [-0.15, -0.1) is 0 Å². The molecular formula is C23H19N2O2+. The van der Waals surface area contributed by atoms with E-state index >= 15 is 0 Å². The summed E-state index contributed by atoms with van der Waals surface area (Å²) >= 11 is 0. The molecule has 0 radical (unpaired) electrons. The summed E-state index contributed by atoms with van der Waals surface area (Å²) in [5.41, 5.74) is 2.57. The Labute approximate surface area is 157 Å². The third-order valence-electron chi connectivity index (χ3n) is 4.58. The minimum absolute atomic E-state index is 0.500. The Morgan fingerprint density at radius 1 is 0.852 bits per heavy atom. The maximum absolute atomic E-state index is 12.9. The minimum atomic E-state index is -0.504. The molecule has 3 aromatic carbocycles. The zero-order valence-electron chi connectivity index (χ0n) is 14.9. The number of benzene rings is 3. The van der Waals surface area contributed by atoms with Crippen LogP contribution in [0.3, 0.4) is 0 Å². The summed E-state index contributed by atoms with van der Waals surface area (Å²) in [7, 11) is 0. The van der Waals surface area contributed by atoms with Crippen LogP contribution < -0.4 is 4.68 Å². The van der Waals surface area contributed by atoms with E-state index in [-0.39, 0.29) is 0 Å². The number of fused-ring (bicyclic) bond motifs is 1. The minimum Gasteiger partial charge on any atom is -0.397 e. The molecule has 0 bridgehead atoms. The van der Waals surface area contributed by atoms with E-state index in [2.05, 4.69) is 5.10 Å². The molecule has 0 aliphatic carbocycles. The smallest absolute Gasteiger partial charge is 0.397 e. The molecule has 0 aliphatic rings. The SMILES string of the molecule is Cc1c2ccccc2cn[n+]1C(=O)OC(c1ccccc1)c1ccccc1. The molecule has 0 aliphatic heterocycles. The van der Waals surface area contributed by atoms with Gasteiger partial charge < -0.3 is 4.74 Å². The van der Waals surface area contributed by atoms with Crippen molar-refractivity contribution in [3.8, 4) is 0 Å². The molecule has 0 spiro atoms. The van der Waals surface area contributed by atoms with Gasteiger partial charge in [0, 0.05) is 22.1 Å². The van der Waals surface area contributed by atoms with Crippen molar-refractivity contribution in [3.05, 3.63) is 108 Å². The van der Waals surface area contributed by atoms with Crippen LogP contribution in [0.2, 0.25) is 0 Å². The highest BCUT2D eigenvalue weighted by atomic mass is 16.6. The predicted octanol–water partition coefficient (Wildman–Crippen LogP) is 4.61. The highest BCUT2D eigenvalue weighted by Crippen LogP contribution is 2.26. The number of carbonyl (C=O) groups is 1. The Morgan fingerprint density at radius 2 is 1.41 bits per heavy atom. The fourth-order valence-corrected chi connectivity index (χ4v) is 3.18. The summed E-state index contributed by atoms with van der Waals surface area (Å²) in [5.74, 6) is 0. The van der Waals surface area contributed by atoms with Gasteiger partial charge in [0.15, 0.2) is 6.10 Å². The second-order valence-electron chi connectivity index (χ2n) is 6.31. The third-order valence-corrected chi connectivity index (χ3v) is 4.58. The summed E-state index contributed by atoms with van der Waals surface area (Å²) in [6.45, 7) is 1.87. The van der Waals surface area contributed by atoms with E-state index in [0.29, 0.717) is 0 Å². The van der Waals surface area contributed by atoms with Gasteiger partial charge >= 0.3 is 6.09 Å². The van der Waals surface area contributed by atoms with Gasteiger partial charge in [0.05, 0.1) is 5.39 Å². The fraction of sp³-hybridized carbons (Fsp3) is 0.0870. The zero-order valence-corrected chi connectivity index (χ0v) is 14.9. The van der Waals surface area contributed by atoms with E-state index in [1.165, 1.54) is 4.68 Å². The first kappa shape index (κ1) is 16.9. The van der Waals surface area contributed by atoms with Crippen LogP contribution in [0.5, 0.6) is 0 Å². The second kappa shape index (κ2) is 7.38. The van der Waals surface area contributed by atoms with Gasteiger partial charge in [0.1, 0.15) is 6.20 Å². The van der Waals surface area contributed by atoms with Gasteiger partial charge in [-0.2, -0.15) is 4.79 Å². The summed E-state index contributed by atoms with van der Waals surface area (Å²) in [6.07, 6.45) is 0.680.